The fourth-order valence-electron chi connectivity index (χ4n) is 0.653. The Hall–Kier alpha value is -1.83. The Morgan fingerprint density at radius 2 is 1.81 bits per heavy atom. The molecular formula is C8H15N3O5. The van der Waals surface area contributed by atoms with E-state index in [1.165, 1.54) is 19.0 Å². The maximum atomic E-state index is 11.0. The van der Waals surface area contributed by atoms with Gasteiger partial charge in [0.2, 0.25) is 5.91 Å². The Morgan fingerprint density at radius 3 is 2.25 bits per heavy atom. The van der Waals surface area contributed by atoms with Gasteiger partial charge in [-0.2, -0.15) is 0 Å². The van der Waals surface area contributed by atoms with Crippen LogP contribution < -0.4 is 10.6 Å². The molecule has 8 nitrogen and oxygen atoms in total. The largest absolute Gasteiger partial charge is 0.479 e. The van der Waals surface area contributed by atoms with Crippen molar-refractivity contribution in [3.63, 3.8) is 0 Å². The van der Waals surface area contributed by atoms with Crippen molar-refractivity contribution in [2.24, 2.45) is 0 Å². The maximum Gasteiger partial charge on any atom is 0.334 e. The van der Waals surface area contributed by atoms with Crippen LogP contribution in [0.1, 0.15) is 0 Å². The Kier molecular flexibility index (Phi) is 5.86. The molecule has 0 aliphatic heterocycles. The van der Waals surface area contributed by atoms with E-state index in [1.54, 1.807) is 0 Å². The first-order valence-corrected chi connectivity index (χ1v) is 4.47. The van der Waals surface area contributed by atoms with Crippen molar-refractivity contribution < 1.29 is 24.6 Å². The van der Waals surface area contributed by atoms with Crippen molar-refractivity contribution in [2.75, 3.05) is 27.2 Å². The van der Waals surface area contributed by atoms with Crippen LogP contribution in [0.25, 0.3) is 0 Å². The van der Waals surface area contributed by atoms with Gasteiger partial charge in [-0.25, -0.2) is 9.59 Å². The molecule has 1 atom stereocenters. The fraction of sp³-hybridized carbons (Fsp3) is 0.625. The monoisotopic (exact) mass is 233 g/mol. The second kappa shape index (κ2) is 6.62. The van der Waals surface area contributed by atoms with Crippen molar-refractivity contribution in [1.29, 1.82) is 0 Å². The summed E-state index contributed by atoms with van der Waals surface area (Å²) >= 11 is 0. The lowest BCUT2D eigenvalue weighted by atomic mass is 10.4. The number of aliphatic carboxylic acids is 1. The highest BCUT2D eigenvalue weighted by Gasteiger charge is 2.14. The predicted molar refractivity (Wildman–Crippen MR) is 53.7 cm³/mol. The average Bonchev–Trinajstić information content (AvgIpc) is 2.21. The minimum absolute atomic E-state index is 0.192. The third-order valence-electron chi connectivity index (χ3n) is 1.64. The number of nitrogens with zero attached hydrogens (tertiary/aromatic N) is 1. The van der Waals surface area contributed by atoms with E-state index in [0.717, 1.165) is 0 Å². The lowest BCUT2D eigenvalue weighted by Gasteiger charge is -2.12. The zero-order chi connectivity index (χ0) is 12.7. The SMILES string of the molecule is CN(C)C(=O)CNC(=O)NC[C@H](O)C(=O)O. The summed E-state index contributed by atoms with van der Waals surface area (Å²) in [6.45, 7) is -0.612. The number of aliphatic hydroxyl groups is 1. The molecule has 16 heavy (non-hydrogen) atoms. The summed E-state index contributed by atoms with van der Waals surface area (Å²) in [7, 11) is 3.08. The Morgan fingerprint density at radius 1 is 1.25 bits per heavy atom. The standard InChI is InChI=1S/C8H15N3O5/c1-11(2)6(13)4-10-8(16)9-3-5(12)7(14)15/h5,12H,3-4H2,1-2H3,(H,14,15)(H2,9,10,16)/t5-/m0/s1. The third kappa shape index (κ3) is 5.81. The molecule has 8 heteroatoms. The van der Waals surface area contributed by atoms with Gasteiger partial charge in [0.1, 0.15) is 0 Å². The van der Waals surface area contributed by atoms with E-state index in [-0.39, 0.29) is 12.5 Å². The molecule has 0 saturated carbocycles. The number of carboxylic acids is 1. The number of carboxylic acid groups (broad SMARTS) is 1. The lowest BCUT2D eigenvalue weighted by Crippen LogP contribution is -2.45. The van der Waals surface area contributed by atoms with Gasteiger partial charge in [0.25, 0.3) is 0 Å². The van der Waals surface area contributed by atoms with Crippen LogP contribution in [-0.4, -0.2) is 66.3 Å². The van der Waals surface area contributed by atoms with E-state index in [4.69, 9.17) is 10.2 Å². The average molecular weight is 233 g/mol. The second-order valence-electron chi connectivity index (χ2n) is 3.21. The topological polar surface area (TPSA) is 119 Å². The van der Waals surface area contributed by atoms with Crippen LogP contribution in [-0.2, 0) is 9.59 Å². The fourth-order valence-corrected chi connectivity index (χ4v) is 0.653. The van der Waals surface area contributed by atoms with E-state index in [9.17, 15) is 14.4 Å². The molecule has 0 aromatic heterocycles. The van der Waals surface area contributed by atoms with Crippen LogP contribution in [0.3, 0.4) is 0 Å². The van der Waals surface area contributed by atoms with Crippen LogP contribution in [0.2, 0.25) is 0 Å². The Labute approximate surface area is 92.2 Å². The number of amides is 3. The van der Waals surface area contributed by atoms with Crippen LogP contribution in [0.15, 0.2) is 0 Å². The van der Waals surface area contributed by atoms with Gasteiger partial charge in [-0.15, -0.1) is 0 Å². The van der Waals surface area contributed by atoms with Crippen molar-refractivity contribution >= 4 is 17.9 Å². The van der Waals surface area contributed by atoms with Crippen LogP contribution in [0.5, 0.6) is 0 Å². The summed E-state index contributed by atoms with van der Waals surface area (Å²) in [5.41, 5.74) is 0. The number of rotatable bonds is 5. The zero-order valence-corrected chi connectivity index (χ0v) is 9.06. The minimum atomic E-state index is -1.66. The number of carbonyl (C=O) groups is 3. The molecular weight excluding hydrogens is 218 g/mol. The molecule has 0 heterocycles. The molecule has 0 aliphatic carbocycles. The highest BCUT2D eigenvalue weighted by Crippen LogP contribution is 1.80. The van der Waals surface area contributed by atoms with Gasteiger partial charge in [-0.3, -0.25) is 4.79 Å². The number of hydrogen-bond acceptors (Lipinski definition) is 4. The number of urea groups is 1. The van der Waals surface area contributed by atoms with Gasteiger partial charge >= 0.3 is 12.0 Å². The molecule has 0 spiro atoms. The number of hydrogen-bond donors (Lipinski definition) is 4. The van der Waals surface area contributed by atoms with Gasteiger partial charge in [0.15, 0.2) is 6.10 Å². The summed E-state index contributed by atoms with van der Waals surface area (Å²) in [5.74, 6) is -1.72. The van der Waals surface area contributed by atoms with E-state index in [1.807, 2.05) is 0 Å². The number of aliphatic hydroxyl groups excluding tert-OH is 1. The van der Waals surface area contributed by atoms with Gasteiger partial charge in [0.05, 0.1) is 13.1 Å². The molecule has 0 aliphatic rings. The third-order valence-corrected chi connectivity index (χ3v) is 1.64. The van der Waals surface area contributed by atoms with Crippen molar-refractivity contribution in [1.82, 2.24) is 15.5 Å². The number of nitrogens with one attached hydrogen (secondary N) is 2. The van der Waals surface area contributed by atoms with E-state index < -0.39 is 24.6 Å². The first kappa shape index (κ1) is 14.2. The van der Waals surface area contributed by atoms with E-state index in [0.29, 0.717) is 0 Å². The highest BCUT2D eigenvalue weighted by atomic mass is 16.4. The normalized spacial score (nSPS) is 11.4. The van der Waals surface area contributed by atoms with Gasteiger partial charge < -0.3 is 25.7 Å². The quantitative estimate of drug-likeness (QED) is 0.430. The maximum absolute atomic E-state index is 11.0. The molecule has 0 bridgehead atoms. The molecule has 0 aromatic rings. The summed E-state index contributed by atoms with van der Waals surface area (Å²) in [5, 5.41) is 21.4. The van der Waals surface area contributed by atoms with E-state index in [2.05, 4.69) is 10.6 Å². The Balaban J connectivity index is 3.76. The first-order valence-electron chi connectivity index (χ1n) is 4.47. The smallest absolute Gasteiger partial charge is 0.334 e. The Bertz CT molecular complexity index is 279. The molecule has 92 valence electrons. The van der Waals surface area contributed by atoms with Crippen LogP contribution in [0, 0.1) is 0 Å². The summed E-state index contributed by atoms with van der Waals surface area (Å²) in [6, 6.07) is -0.712. The number of likely N-dealkylation sites (N-methyl/N-ethyl adjacent to an activating group) is 1. The molecule has 0 radical (unpaired) electrons. The summed E-state index contributed by atoms with van der Waals surface area (Å²) in [6.07, 6.45) is -1.66. The van der Waals surface area contributed by atoms with Crippen molar-refractivity contribution in [3.05, 3.63) is 0 Å². The van der Waals surface area contributed by atoms with Crippen LogP contribution in [0.4, 0.5) is 4.79 Å². The predicted octanol–water partition coefficient (Wildman–Crippen LogP) is -2.18. The van der Waals surface area contributed by atoms with Crippen molar-refractivity contribution in [3.8, 4) is 0 Å². The lowest BCUT2D eigenvalue weighted by molar-refractivity contribution is -0.146. The first-order chi connectivity index (χ1) is 7.34. The molecule has 0 fully saturated rings. The van der Waals surface area contributed by atoms with Gasteiger partial charge in [-0.05, 0) is 0 Å². The van der Waals surface area contributed by atoms with Crippen LogP contribution >= 0.6 is 0 Å². The number of carbonyl (C=O) groups excluding carboxylic acids is 2. The zero-order valence-electron chi connectivity index (χ0n) is 9.06. The summed E-state index contributed by atoms with van der Waals surface area (Å²) < 4.78 is 0. The molecule has 0 saturated heterocycles. The van der Waals surface area contributed by atoms with Gasteiger partial charge in [0, 0.05) is 14.1 Å². The molecule has 0 rings (SSSR count). The molecule has 0 unspecified atom stereocenters. The highest BCUT2D eigenvalue weighted by molar-refractivity contribution is 5.84. The van der Waals surface area contributed by atoms with Gasteiger partial charge in [-0.1, -0.05) is 0 Å². The summed E-state index contributed by atoms with van der Waals surface area (Å²) in [4.78, 5) is 33.5. The van der Waals surface area contributed by atoms with E-state index >= 15 is 0 Å². The molecule has 4 N–H and O–H groups in total. The van der Waals surface area contributed by atoms with Crippen molar-refractivity contribution in [2.45, 2.75) is 6.10 Å². The second-order valence-corrected chi connectivity index (χ2v) is 3.21. The molecule has 3 amide bonds. The minimum Gasteiger partial charge on any atom is -0.479 e. The molecule has 0 aromatic carbocycles.